The van der Waals surface area contributed by atoms with Gasteiger partial charge in [-0.2, -0.15) is 0 Å². The van der Waals surface area contributed by atoms with Crippen molar-refractivity contribution >= 4 is 17.5 Å². The van der Waals surface area contributed by atoms with E-state index in [1.807, 2.05) is 18.2 Å². The molecule has 2 aromatic rings. The van der Waals surface area contributed by atoms with Gasteiger partial charge in [0.2, 0.25) is 12.7 Å². The lowest BCUT2D eigenvalue weighted by molar-refractivity contribution is -0.116. The summed E-state index contributed by atoms with van der Waals surface area (Å²) >= 11 is 0. The predicted octanol–water partition coefficient (Wildman–Crippen LogP) is 2.90. The van der Waals surface area contributed by atoms with Crippen molar-refractivity contribution in [2.75, 3.05) is 18.7 Å². The van der Waals surface area contributed by atoms with Crippen molar-refractivity contribution in [2.24, 2.45) is 0 Å². The summed E-state index contributed by atoms with van der Waals surface area (Å²) in [6, 6.07) is 12.6. The molecule has 0 radical (unpaired) electrons. The molecule has 3 rings (SSSR count). The third-order valence-corrected chi connectivity index (χ3v) is 3.93. The predicted molar refractivity (Wildman–Crippen MR) is 98.5 cm³/mol. The first-order valence-corrected chi connectivity index (χ1v) is 8.34. The van der Waals surface area contributed by atoms with E-state index in [4.69, 9.17) is 9.47 Å². The molecule has 26 heavy (non-hydrogen) atoms. The highest BCUT2D eigenvalue weighted by atomic mass is 16.7. The van der Waals surface area contributed by atoms with Crippen LogP contribution < -0.4 is 20.1 Å². The maximum Gasteiger partial charge on any atom is 0.253 e. The number of aryl methyl sites for hydroxylation is 1. The molecule has 0 saturated heterocycles. The number of fused-ring (bicyclic) bond motifs is 1. The molecule has 0 fully saturated rings. The van der Waals surface area contributed by atoms with Gasteiger partial charge < -0.3 is 20.1 Å². The maximum absolute atomic E-state index is 12.3. The van der Waals surface area contributed by atoms with Crippen molar-refractivity contribution in [3.8, 4) is 11.5 Å². The van der Waals surface area contributed by atoms with Crippen LogP contribution in [0.2, 0.25) is 0 Å². The highest BCUT2D eigenvalue weighted by Gasteiger charge is 2.15. The topological polar surface area (TPSA) is 76.7 Å². The van der Waals surface area contributed by atoms with Gasteiger partial charge in [-0.3, -0.25) is 9.59 Å². The highest BCUT2D eigenvalue weighted by Crippen LogP contribution is 2.32. The molecular weight excluding hydrogens is 332 g/mol. The molecule has 0 bridgehead atoms. The molecule has 134 valence electrons. The fourth-order valence-corrected chi connectivity index (χ4v) is 2.62. The van der Waals surface area contributed by atoms with Gasteiger partial charge in [0.15, 0.2) is 11.5 Å². The number of hydrogen-bond donors (Lipinski definition) is 2. The van der Waals surface area contributed by atoms with E-state index in [0.29, 0.717) is 36.4 Å². The summed E-state index contributed by atoms with van der Waals surface area (Å²) in [4.78, 5) is 24.5. The zero-order valence-electron chi connectivity index (χ0n) is 14.3. The first-order chi connectivity index (χ1) is 12.7. The number of carbonyl (C=O) groups excluding carboxylic acids is 2. The standard InChI is InChI=1S/C20H20N2O4/c1-2-11-21-20(24)15-5-3-4-6-16(15)22-19(23)10-8-14-7-9-17-18(12-14)26-13-25-17/h2-7,9,12H,1,8,10-11,13H2,(H,21,24)(H,22,23). The van der Waals surface area contributed by atoms with E-state index in [2.05, 4.69) is 17.2 Å². The first-order valence-electron chi connectivity index (χ1n) is 8.34. The molecule has 2 N–H and O–H groups in total. The second-order valence-electron chi connectivity index (χ2n) is 5.78. The average Bonchev–Trinajstić information content (AvgIpc) is 3.12. The molecule has 6 nitrogen and oxygen atoms in total. The van der Waals surface area contributed by atoms with Gasteiger partial charge in [-0.05, 0) is 36.2 Å². The van der Waals surface area contributed by atoms with Crippen LogP contribution in [0.4, 0.5) is 5.69 Å². The number of para-hydroxylation sites is 1. The van der Waals surface area contributed by atoms with Crippen molar-refractivity contribution in [3.05, 3.63) is 66.2 Å². The van der Waals surface area contributed by atoms with Gasteiger partial charge in [0.1, 0.15) is 0 Å². The highest BCUT2D eigenvalue weighted by molar-refractivity contribution is 6.03. The second-order valence-corrected chi connectivity index (χ2v) is 5.78. The second kappa shape index (κ2) is 8.20. The number of ether oxygens (including phenoxy) is 2. The summed E-state index contributed by atoms with van der Waals surface area (Å²) in [5.74, 6) is 1.01. The van der Waals surface area contributed by atoms with E-state index in [1.165, 1.54) is 0 Å². The SMILES string of the molecule is C=CCNC(=O)c1ccccc1NC(=O)CCc1ccc2c(c1)OCO2. The van der Waals surface area contributed by atoms with Crippen molar-refractivity contribution in [1.82, 2.24) is 5.32 Å². The molecule has 0 aromatic heterocycles. The molecule has 0 aliphatic carbocycles. The monoisotopic (exact) mass is 352 g/mol. The van der Waals surface area contributed by atoms with Crippen LogP contribution in [0.25, 0.3) is 0 Å². The molecule has 1 aliphatic heterocycles. The van der Waals surface area contributed by atoms with Gasteiger partial charge in [-0.25, -0.2) is 0 Å². The van der Waals surface area contributed by atoms with E-state index in [9.17, 15) is 9.59 Å². The number of anilines is 1. The summed E-state index contributed by atoms with van der Waals surface area (Å²) in [6.45, 7) is 4.16. The number of rotatable bonds is 7. The van der Waals surface area contributed by atoms with Crippen LogP contribution in [0.15, 0.2) is 55.1 Å². The Morgan fingerprint density at radius 3 is 2.77 bits per heavy atom. The van der Waals surface area contributed by atoms with Crippen LogP contribution >= 0.6 is 0 Å². The molecule has 6 heteroatoms. The molecule has 0 spiro atoms. The molecule has 1 aliphatic rings. The minimum Gasteiger partial charge on any atom is -0.454 e. The molecular formula is C20H20N2O4. The molecule has 0 unspecified atom stereocenters. The van der Waals surface area contributed by atoms with Crippen molar-refractivity contribution < 1.29 is 19.1 Å². The number of nitrogens with one attached hydrogen (secondary N) is 2. The number of hydrogen-bond acceptors (Lipinski definition) is 4. The normalized spacial score (nSPS) is 11.7. The van der Waals surface area contributed by atoms with E-state index >= 15 is 0 Å². The third-order valence-electron chi connectivity index (χ3n) is 3.93. The van der Waals surface area contributed by atoms with Crippen LogP contribution in [-0.2, 0) is 11.2 Å². The van der Waals surface area contributed by atoms with Crippen LogP contribution in [0.1, 0.15) is 22.3 Å². The summed E-state index contributed by atoms with van der Waals surface area (Å²) in [6.07, 6.45) is 2.46. The van der Waals surface area contributed by atoms with E-state index in [-0.39, 0.29) is 18.6 Å². The Labute approximate surface area is 151 Å². The Bertz CT molecular complexity index is 832. The molecule has 0 saturated carbocycles. The fourth-order valence-electron chi connectivity index (χ4n) is 2.62. The van der Waals surface area contributed by atoms with Crippen LogP contribution in [-0.4, -0.2) is 25.2 Å². The Morgan fingerprint density at radius 1 is 1.12 bits per heavy atom. The van der Waals surface area contributed by atoms with E-state index < -0.39 is 0 Å². The minimum absolute atomic E-state index is 0.161. The van der Waals surface area contributed by atoms with Crippen LogP contribution in [0.5, 0.6) is 11.5 Å². The molecule has 1 heterocycles. The Hall–Kier alpha value is -3.28. The Morgan fingerprint density at radius 2 is 1.92 bits per heavy atom. The number of benzene rings is 2. The Kier molecular flexibility index (Phi) is 5.53. The van der Waals surface area contributed by atoms with Crippen LogP contribution in [0.3, 0.4) is 0 Å². The smallest absolute Gasteiger partial charge is 0.253 e. The van der Waals surface area contributed by atoms with E-state index in [1.54, 1.807) is 30.3 Å². The zero-order chi connectivity index (χ0) is 18.4. The lowest BCUT2D eigenvalue weighted by Crippen LogP contribution is -2.25. The number of carbonyl (C=O) groups is 2. The van der Waals surface area contributed by atoms with Crippen molar-refractivity contribution in [1.29, 1.82) is 0 Å². The summed E-state index contributed by atoms with van der Waals surface area (Å²) < 4.78 is 10.6. The van der Waals surface area contributed by atoms with E-state index in [0.717, 1.165) is 11.3 Å². The van der Waals surface area contributed by atoms with Gasteiger partial charge >= 0.3 is 0 Å². The Balaban J connectivity index is 1.60. The van der Waals surface area contributed by atoms with Gasteiger partial charge in [-0.1, -0.05) is 24.3 Å². The van der Waals surface area contributed by atoms with Crippen LogP contribution in [0, 0.1) is 0 Å². The summed E-state index contributed by atoms with van der Waals surface area (Å²) in [7, 11) is 0. The average molecular weight is 352 g/mol. The fraction of sp³-hybridized carbons (Fsp3) is 0.200. The lowest BCUT2D eigenvalue weighted by Gasteiger charge is -2.11. The van der Waals surface area contributed by atoms with Gasteiger partial charge in [-0.15, -0.1) is 6.58 Å². The summed E-state index contributed by atoms with van der Waals surface area (Å²) in [5.41, 5.74) is 1.90. The molecule has 2 amide bonds. The van der Waals surface area contributed by atoms with Gasteiger partial charge in [0, 0.05) is 13.0 Å². The minimum atomic E-state index is -0.253. The van der Waals surface area contributed by atoms with Gasteiger partial charge in [0.05, 0.1) is 11.3 Å². The van der Waals surface area contributed by atoms with Crippen molar-refractivity contribution in [2.45, 2.75) is 12.8 Å². The molecule has 0 atom stereocenters. The largest absolute Gasteiger partial charge is 0.454 e. The van der Waals surface area contributed by atoms with Gasteiger partial charge in [0.25, 0.3) is 5.91 Å². The number of amides is 2. The van der Waals surface area contributed by atoms with Crippen molar-refractivity contribution in [3.63, 3.8) is 0 Å². The quantitative estimate of drug-likeness (QED) is 0.751. The molecule has 2 aromatic carbocycles. The summed E-state index contributed by atoms with van der Waals surface area (Å²) in [5, 5.41) is 5.52. The zero-order valence-corrected chi connectivity index (χ0v) is 14.3. The lowest BCUT2D eigenvalue weighted by atomic mass is 10.1. The third kappa shape index (κ3) is 4.22. The first kappa shape index (κ1) is 17.5. The maximum atomic E-state index is 12.3.